The second kappa shape index (κ2) is 9.15. The second-order valence-corrected chi connectivity index (χ2v) is 5.14. The smallest absolute Gasteiger partial charge is 0.278 e. The van der Waals surface area contributed by atoms with E-state index < -0.39 is 5.91 Å². The number of benzene rings is 1. The van der Waals surface area contributed by atoms with E-state index >= 15 is 0 Å². The first-order valence-electron chi connectivity index (χ1n) is 7.53. The fraction of sp³-hybridized carbons (Fsp3) is 0.222. The largest absolute Gasteiger partial charge is 0.467 e. The van der Waals surface area contributed by atoms with Crippen LogP contribution >= 0.6 is 0 Å². The molecule has 1 amide bonds. The van der Waals surface area contributed by atoms with Crippen LogP contribution in [0.1, 0.15) is 22.4 Å². The van der Waals surface area contributed by atoms with Gasteiger partial charge in [0.1, 0.15) is 11.6 Å². The SMILES string of the molecule is COCc1cc(C)nc(OCC(=O)NN=Cc2ccccc2)c1C#N. The summed E-state index contributed by atoms with van der Waals surface area (Å²) < 4.78 is 10.5. The monoisotopic (exact) mass is 338 g/mol. The number of hydrogen-bond donors (Lipinski definition) is 1. The molecule has 0 atom stereocenters. The Morgan fingerprint density at radius 3 is 2.84 bits per heavy atom. The van der Waals surface area contributed by atoms with Gasteiger partial charge in [-0.2, -0.15) is 10.4 Å². The summed E-state index contributed by atoms with van der Waals surface area (Å²) in [5.41, 5.74) is 4.81. The highest BCUT2D eigenvalue weighted by molar-refractivity contribution is 5.82. The molecule has 2 rings (SSSR count). The van der Waals surface area contributed by atoms with Crippen molar-refractivity contribution in [3.8, 4) is 11.9 Å². The van der Waals surface area contributed by atoms with E-state index in [2.05, 4.69) is 15.5 Å². The summed E-state index contributed by atoms with van der Waals surface area (Å²) >= 11 is 0. The van der Waals surface area contributed by atoms with Crippen LogP contribution in [0.25, 0.3) is 0 Å². The number of rotatable bonds is 7. The molecule has 1 N–H and O–H groups in total. The Morgan fingerprint density at radius 1 is 1.40 bits per heavy atom. The molecule has 7 nitrogen and oxygen atoms in total. The fourth-order valence-electron chi connectivity index (χ4n) is 2.09. The van der Waals surface area contributed by atoms with E-state index in [1.807, 2.05) is 36.4 Å². The van der Waals surface area contributed by atoms with Gasteiger partial charge in [0.25, 0.3) is 5.91 Å². The van der Waals surface area contributed by atoms with Crippen LogP contribution in [0.3, 0.4) is 0 Å². The molecule has 7 heteroatoms. The summed E-state index contributed by atoms with van der Waals surface area (Å²) in [6, 6.07) is 13.1. The number of methoxy groups -OCH3 is 1. The van der Waals surface area contributed by atoms with E-state index in [0.29, 0.717) is 11.3 Å². The van der Waals surface area contributed by atoms with Crippen LogP contribution in [0, 0.1) is 18.3 Å². The van der Waals surface area contributed by atoms with Crippen molar-refractivity contribution in [1.29, 1.82) is 5.26 Å². The van der Waals surface area contributed by atoms with E-state index in [9.17, 15) is 10.1 Å². The number of hydrazone groups is 1. The van der Waals surface area contributed by atoms with Gasteiger partial charge in [0.15, 0.2) is 6.61 Å². The molecule has 25 heavy (non-hydrogen) atoms. The number of hydrogen-bond acceptors (Lipinski definition) is 6. The van der Waals surface area contributed by atoms with Crippen molar-refractivity contribution in [1.82, 2.24) is 10.4 Å². The first kappa shape index (κ1) is 18.1. The third kappa shape index (κ3) is 5.41. The van der Waals surface area contributed by atoms with Gasteiger partial charge >= 0.3 is 0 Å². The molecule has 0 spiro atoms. The minimum absolute atomic E-state index is 0.108. The van der Waals surface area contributed by atoms with Gasteiger partial charge in [0, 0.05) is 18.4 Å². The van der Waals surface area contributed by atoms with Gasteiger partial charge < -0.3 is 9.47 Å². The van der Waals surface area contributed by atoms with Gasteiger partial charge in [-0.15, -0.1) is 0 Å². The lowest BCUT2D eigenvalue weighted by atomic mass is 10.1. The number of aryl methyl sites for hydroxylation is 1. The minimum atomic E-state index is -0.451. The maximum atomic E-state index is 11.8. The van der Waals surface area contributed by atoms with Crippen LogP contribution < -0.4 is 10.2 Å². The van der Waals surface area contributed by atoms with Crippen LogP contribution in [0.15, 0.2) is 41.5 Å². The van der Waals surface area contributed by atoms with E-state index in [-0.39, 0.29) is 24.7 Å². The number of carbonyl (C=O) groups is 1. The summed E-state index contributed by atoms with van der Waals surface area (Å²) in [5.74, 6) is -0.343. The molecular weight excluding hydrogens is 320 g/mol. The maximum absolute atomic E-state index is 11.8. The van der Waals surface area contributed by atoms with E-state index in [0.717, 1.165) is 5.56 Å². The third-order valence-corrected chi connectivity index (χ3v) is 3.15. The Bertz CT molecular complexity index is 798. The molecule has 0 saturated carbocycles. The molecule has 2 aromatic rings. The van der Waals surface area contributed by atoms with E-state index in [1.165, 1.54) is 13.3 Å². The average molecular weight is 338 g/mol. The van der Waals surface area contributed by atoms with Gasteiger partial charge in [0.05, 0.1) is 12.8 Å². The summed E-state index contributed by atoms with van der Waals surface area (Å²) in [5, 5.41) is 13.2. The Balaban J connectivity index is 1.97. The number of nitrogens with zero attached hydrogens (tertiary/aromatic N) is 3. The lowest BCUT2D eigenvalue weighted by molar-refractivity contribution is -0.123. The van der Waals surface area contributed by atoms with Crippen molar-refractivity contribution in [2.45, 2.75) is 13.5 Å². The summed E-state index contributed by atoms with van der Waals surface area (Å²) in [6.45, 7) is 1.73. The Kier molecular flexibility index (Phi) is 6.63. The highest BCUT2D eigenvalue weighted by Gasteiger charge is 2.14. The molecule has 0 unspecified atom stereocenters. The normalized spacial score (nSPS) is 10.4. The summed E-state index contributed by atoms with van der Waals surface area (Å²) in [6.07, 6.45) is 1.53. The quantitative estimate of drug-likeness (QED) is 0.615. The third-order valence-electron chi connectivity index (χ3n) is 3.15. The Morgan fingerprint density at radius 2 is 2.16 bits per heavy atom. The number of nitrogens with one attached hydrogen (secondary N) is 1. The van der Waals surface area contributed by atoms with Gasteiger partial charge in [0.2, 0.25) is 5.88 Å². The van der Waals surface area contributed by atoms with Crippen molar-refractivity contribution < 1.29 is 14.3 Å². The highest BCUT2D eigenvalue weighted by atomic mass is 16.5. The zero-order valence-corrected chi connectivity index (χ0v) is 14.0. The molecule has 1 aromatic heterocycles. The van der Waals surface area contributed by atoms with Gasteiger partial charge in [-0.1, -0.05) is 30.3 Å². The molecule has 0 aliphatic carbocycles. The van der Waals surface area contributed by atoms with Crippen molar-refractivity contribution in [3.63, 3.8) is 0 Å². The molecule has 1 aromatic carbocycles. The van der Waals surface area contributed by atoms with Crippen LogP contribution in [0.5, 0.6) is 5.88 Å². The fourth-order valence-corrected chi connectivity index (χ4v) is 2.09. The Labute approximate surface area is 145 Å². The molecule has 0 bridgehead atoms. The Hall–Kier alpha value is -3.24. The number of pyridine rings is 1. The topological polar surface area (TPSA) is 96.6 Å². The minimum Gasteiger partial charge on any atom is -0.467 e. The lowest BCUT2D eigenvalue weighted by Crippen LogP contribution is -2.25. The van der Waals surface area contributed by atoms with Gasteiger partial charge in [-0.3, -0.25) is 4.79 Å². The zero-order valence-electron chi connectivity index (χ0n) is 14.0. The molecule has 0 aliphatic rings. The lowest BCUT2D eigenvalue weighted by Gasteiger charge is -2.10. The molecule has 1 heterocycles. The summed E-state index contributed by atoms with van der Waals surface area (Å²) in [4.78, 5) is 16.0. The molecule has 0 saturated heterocycles. The van der Waals surface area contributed by atoms with Crippen LogP contribution in [-0.4, -0.2) is 30.8 Å². The maximum Gasteiger partial charge on any atom is 0.278 e. The predicted octanol–water partition coefficient (Wildman–Crippen LogP) is 1.94. The summed E-state index contributed by atoms with van der Waals surface area (Å²) in [7, 11) is 1.54. The molecule has 128 valence electrons. The van der Waals surface area contributed by atoms with Crippen molar-refractivity contribution in [3.05, 3.63) is 58.8 Å². The predicted molar refractivity (Wildman–Crippen MR) is 92.1 cm³/mol. The molecule has 0 radical (unpaired) electrons. The number of amides is 1. The second-order valence-electron chi connectivity index (χ2n) is 5.14. The highest BCUT2D eigenvalue weighted by Crippen LogP contribution is 2.21. The molecule has 0 fully saturated rings. The van der Waals surface area contributed by atoms with Crippen molar-refractivity contribution in [2.24, 2.45) is 5.10 Å². The number of nitriles is 1. The van der Waals surface area contributed by atoms with Gasteiger partial charge in [-0.05, 0) is 18.6 Å². The number of aromatic nitrogens is 1. The van der Waals surface area contributed by atoms with Crippen molar-refractivity contribution >= 4 is 12.1 Å². The number of carbonyl (C=O) groups excluding carboxylic acids is 1. The van der Waals surface area contributed by atoms with E-state index in [1.54, 1.807) is 13.0 Å². The van der Waals surface area contributed by atoms with Gasteiger partial charge in [-0.25, -0.2) is 10.4 Å². The van der Waals surface area contributed by atoms with Crippen molar-refractivity contribution in [2.75, 3.05) is 13.7 Å². The van der Waals surface area contributed by atoms with Crippen LogP contribution in [0.2, 0.25) is 0 Å². The van der Waals surface area contributed by atoms with Crippen LogP contribution in [0.4, 0.5) is 0 Å². The zero-order chi connectivity index (χ0) is 18.1. The first-order chi connectivity index (χ1) is 12.1. The average Bonchev–Trinajstić information content (AvgIpc) is 2.61. The van der Waals surface area contributed by atoms with Crippen LogP contribution in [-0.2, 0) is 16.1 Å². The first-order valence-corrected chi connectivity index (χ1v) is 7.53. The number of ether oxygens (including phenoxy) is 2. The molecule has 0 aliphatic heterocycles. The molecular formula is C18H18N4O3. The standard InChI is InChI=1S/C18H18N4O3/c1-13-8-15(11-24-2)16(9-19)18(21-13)25-12-17(23)22-20-10-14-6-4-3-5-7-14/h3-8,10H,11-12H2,1-2H3,(H,22,23). The van der Waals surface area contributed by atoms with E-state index in [4.69, 9.17) is 9.47 Å².